The number of nitrogens with zero attached hydrogens (tertiary/aromatic N) is 3. The summed E-state index contributed by atoms with van der Waals surface area (Å²) in [5, 5.41) is 15.6. The van der Waals surface area contributed by atoms with E-state index in [0.717, 1.165) is 5.56 Å². The molecule has 0 saturated heterocycles. The Morgan fingerprint density at radius 3 is 2.38 bits per heavy atom. The van der Waals surface area contributed by atoms with Crippen molar-refractivity contribution in [2.24, 2.45) is 0 Å². The zero-order chi connectivity index (χ0) is 25.6. The van der Waals surface area contributed by atoms with Gasteiger partial charge < -0.3 is 10.1 Å². The number of thiophene rings is 1. The molecule has 3 aromatic carbocycles. The molecule has 5 aromatic rings. The van der Waals surface area contributed by atoms with Crippen molar-refractivity contribution in [2.75, 3.05) is 5.32 Å². The molecule has 5 rings (SSSR count). The number of fused-ring (bicyclic) bond motifs is 1. The van der Waals surface area contributed by atoms with Crippen LogP contribution in [0.2, 0.25) is 0 Å². The third-order valence-corrected chi connectivity index (χ3v) is 6.35. The predicted molar refractivity (Wildman–Crippen MR) is 139 cm³/mol. The van der Waals surface area contributed by atoms with Crippen molar-refractivity contribution in [3.63, 3.8) is 0 Å². The number of para-hydroxylation sites is 1. The summed E-state index contributed by atoms with van der Waals surface area (Å²) in [5.74, 6) is -0.841. The molecule has 2 N–H and O–H groups in total. The highest BCUT2D eigenvalue weighted by atomic mass is 32.1. The van der Waals surface area contributed by atoms with Crippen LogP contribution in [-0.2, 0) is 16.1 Å². The number of carbonyl (C=O) groups is 3. The number of carbonyl (C=O) groups excluding carboxylic acids is 3. The monoisotopic (exact) mass is 511 g/mol. The SMILES string of the molecule is O=C(NC(C(=O)Nc1sccc1C(=O)c1ccccc1)n1nnc2ccccc21)OCc1ccccc1. The maximum Gasteiger partial charge on any atom is 0.409 e. The molecular formula is C27H21N5O4S. The van der Waals surface area contributed by atoms with Crippen LogP contribution in [0.1, 0.15) is 27.7 Å². The van der Waals surface area contributed by atoms with E-state index in [1.165, 1.54) is 16.0 Å². The molecule has 0 aliphatic heterocycles. The Hall–Kier alpha value is -4.83. The first-order valence-corrected chi connectivity index (χ1v) is 12.2. The summed E-state index contributed by atoms with van der Waals surface area (Å²) in [6.45, 7) is 0.0275. The van der Waals surface area contributed by atoms with Gasteiger partial charge in [-0.25, -0.2) is 9.48 Å². The van der Waals surface area contributed by atoms with Gasteiger partial charge in [-0.3, -0.25) is 14.9 Å². The highest BCUT2D eigenvalue weighted by molar-refractivity contribution is 7.14. The van der Waals surface area contributed by atoms with Crippen LogP contribution in [0.3, 0.4) is 0 Å². The van der Waals surface area contributed by atoms with E-state index in [1.54, 1.807) is 60.0 Å². The molecule has 0 aliphatic carbocycles. The van der Waals surface area contributed by atoms with E-state index in [-0.39, 0.29) is 12.4 Å². The summed E-state index contributed by atoms with van der Waals surface area (Å²) in [6.07, 6.45) is -2.10. The zero-order valence-electron chi connectivity index (χ0n) is 19.4. The Bertz CT molecular complexity index is 1550. The lowest BCUT2D eigenvalue weighted by Crippen LogP contribution is -2.41. The smallest absolute Gasteiger partial charge is 0.409 e. The lowest BCUT2D eigenvalue weighted by Gasteiger charge is -2.19. The molecule has 0 bridgehead atoms. The van der Waals surface area contributed by atoms with Crippen LogP contribution in [0.15, 0.2) is 96.4 Å². The number of hydrogen-bond donors (Lipinski definition) is 2. The molecular weight excluding hydrogens is 490 g/mol. The first-order valence-electron chi connectivity index (χ1n) is 11.4. The van der Waals surface area contributed by atoms with Gasteiger partial charge in [-0.05, 0) is 29.1 Å². The second-order valence-electron chi connectivity index (χ2n) is 7.98. The molecule has 0 radical (unpaired) electrons. The van der Waals surface area contributed by atoms with Gasteiger partial charge in [-0.15, -0.1) is 16.4 Å². The second kappa shape index (κ2) is 10.8. The van der Waals surface area contributed by atoms with Gasteiger partial charge in [0, 0.05) is 5.56 Å². The van der Waals surface area contributed by atoms with Crippen molar-refractivity contribution >= 4 is 45.2 Å². The summed E-state index contributed by atoms with van der Waals surface area (Å²) in [7, 11) is 0. The first kappa shape index (κ1) is 23.9. The summed E-state index contributed by atoms with van der Waals surface area (Å²) in [6, 6.07) is 26.7. The zero-order valence-corrected chi connectivity index (χ0v) is 20.2. The van der Waals surface area contributed by atoms with Gasteiger partial charge in [0.15, 0.2) is 5.78 Å². The molecule has 0 saturated carbocycles. The average Bonchev–Trinajstić information content (AvgIpc) is 3.58. The topological polar surface area (TPSA) is 115 Å². The molecule has 0 fully saturated rings. The fourth-order valence-corrected chi connectivity index (χ4v) is 4.49. The minimum absolute atomic E-state index is 0.0275. The van der Waals surface area contributed by atoms with Gasteiger partial charge in [-0.2, -0.15) is 0 Å². The molecule has 1 atom stereocenters. The van der Waals surface area contributed by atoms with Crippen LogP contribution < -0.4 is 10.6 Å². The normalized spacial score (nSPS) is 11.6. The van der Waals surface area contributed by atoms with E-state index >= 15 is 0 Å². The Kier molecular flexibility index (Phi) is 7.00. The molecule has 0 aliphatic rings. The van der Waals surface area contributed by atoms with E-state index in [0.29, 0.717) is 27.2 Å². The Labute approximate surface area is 215 Å². The van der Waals surface area contributed by atoms with Crippen LogP contribution in [0.5, 0.6) is 0 Å². The molecule has 9 nitrogen and oxygen atoms in total. The van der Waals surface area contributed by atoms with Crippen LogP contribution in [-0.4, -0.2) is 32.8 Å². The van der Waals surface area contributed by atoms with E-state index in [2.05, 4.69) is 20.9 Å². The Morgan fingerprint density at radius 2 is 1.59 bits per heavy atom. The van der Waals surface area contributed by atoms with Crippen molar-refractivity contribution in [1.29, 1.82) is 0 Å². The number of benzene rings is 3. The van der Waals surface area contributed by atoms with Crippen molar-refractivity contribution in [1.82, 2.24) is 20.3 Å². The summed E-state index contributed by atoms with van der Waals surface area (Å²) in [5.41, 5.74) is 2.73. The van der Waals surface area contributed by atoms with E-state index in [1.807, 2.05) is 36.4 Å². The van der Waals surface area contributed by atoms with E-state index in [9.17, 15) is 14.4 Å². The van der Waals surface area contributed by atoms with Gasteiger partial charge in [-0.1, -0.05) is 78.0 Å². The van der Waals surface area contributed by atoms with Crippen LogP contribution in [0.25, 0.3) is 11.0 Å². The fraction of sp³-hybridized carbons (Fsp3) is 0.0741. The highest BCUT2D eigenvalue weighted by Crippen LogP contribution is 2.27. The van der Waals surface area contributed by atoms with Crippen molar-refractivity contribution in [3.8, 4) is 0 Å². The number of nitrogens with one attached hydrogen (secondary N) is 2. The third kappa shape index (κ3) is 5.39. The van der Waals surface area contributed by atoms with E-state index < -0.39 is 18.2 Å². The second-order valence-corrected chi connectivity index (χ2v) is 8.90. The number of hydrogen-bond acceptors (Lipinski definition) is 7. The molecule has 37 heavy (non-hydrogen) atoms. The average molecular weight is 512 g/mol. The molecule has 0 spiro atoms. The van der Waals surface area contributed by atoms with Gasteiger partial charge >= 0.3 is 6.09 Å². The molecule has 2 aromatic heterocycles. The number of aromatic nitrogens is 3. The Balaban J connectivity index is 1.39. The largest absolute Gasteiger partial charge is 0.445 e. The van der Waals surface area contributed by atoms with Gasteiger partial charge in [0.25, 0.3) is 5.91 Å². The number of anilines is 1. The maximum atomic E-state index is 13.5. The first-order chi connectivity index (χ1) is 18.1. The lowest BCUT2D eigenvalue weighted by atomic mass is 10.1. The molecule has 10 heteroatoms. The van der Waals surface area contributed by atoms with Gasteiger partial charge in [0.2, 0.25) is 6.17 Å². The number of rotatable bonds is 8. The minimum atomic E-state index is -1.29. The standard InChI is InChI=1S/C27H21N5O4S/c33-23(19-11-5-2-6-12-19)20-15-16-37-26(20)29-25(34)24(32-22-14-8-7-13-21(22)30-31-32)28-27(35)36-17-18-9-3-1-4-10-18/h1-16,24H,17H2,(H,28,35)(H,29,34). The predicted octanol–water partition coefficient (Wildman–Crippen LogP) is 4.79. The van der Waals surface area contributed by atoms with Gasteiger partial charge in [0.05, 0.1) is 11.1 Å². The third-order valence-electron chi connectivity index (χ3n) is 5.52. The summed E-state index contributed by atoms with van der Waals surface area (Å²) < 4.78 is 6.64. The minimum Gasteiger partial charge on any atom is -0.445 e. The molecule has 1 unspecified atom stereocenters. The van der Waals surface area contributed by atoms with Crippen molar-refractivity contribution in [2.45, 2.75) is 12.8 Å². The summed E-state index contributed by atoms with van der Waals surface area (Å²) in [4.78, 5) is 39.2. The van der Waals surface area contributed by atoms with Gasteiger partial charge in [0.1, 0.15) is 17.1 Å². The maximum absolute atomic E-state index is 13.5. The molecule has 2 amide bonds. The Morgan fingerprint density at radius 1 is 0.892 bits per heavy atom. The highest BCUT2D eigenvalue weighted by Gasteiger charge is 2.28. The number of ketones is 1. The fourth-order valence-electron chi connectivity index (χ4n) is 3.70. The van der Waals surface area contributed by atoms with Crippen LogP contribution in [0.4, 0.5) is 9.80 Å². The number of ether oxygens (including phenoxy) is 1. The van der Waals surface area contributed by atoms with Crippen LogP contribution >= 0.6 is 11.3 Å². The lowest BCUT2D eigenvalue weighted by molar-refractivity contribution is -0.120. The van der Waals surface area contributed by atoms with Crippen LogP contribution in [0, 0.1) is 0 Å². The van der Waals surface area contributed by atoms with Crippen molar-refractivity contribution < 1.29 is 19.1 Å². The number of amides is 2. The quantitative estimate of drug-likeness (QED) is 0.290. The number of alkyl carbamates (subject to hydrolysis) is 1. The molecule has 2 heterocycles. The summed E-state index contributed by atoms with van der Waals surface area (Å²) >= 11 is 1.20. The van der Waals surface area contributed by atoms with Crippen molar-refractivity contribution in [3.05, 3.63) is 113 Å². The molecule has 184 valence electrons. The van der Waals surface area contributed by atoms with E-state index in [4.69, 9.17) is 4.74 Å².